The zero-order chi connectivity index (χ0) is 22.6. The van der Waals surface area contributed by atoms with Crippen molar-refractivity contribution in [2.75, 3.05) is 25.6 Å². The van der Waals surface area contributed by atoms with Crippen molar-refractivity contribution in [2.45, 2.75) is 43.3 Å². The van der Waals surface area contributed by atoms with Gasteiger partial charge in [-0.15, -0.1) is 0 Å². The van der Waals surface area contributed by atoms with Crippen molar-refractivity contribution >= 4 is 27.5 Å². The predicted octanol–water partition coefficient (Wildman–Crippen LogP) is 3.91. The molecule has 32 heavy (non-hydrogen) atoms. The minimum absolute atomic E-state index is 0.138. The Bertz CT molecular complexity index is 1110. The van der Waals surface area contributed by atoms with Gasteiger partial charge in [0.1, 0.15) is 0 Å². The van der Waals surface area contributed by atoms with Crippen molar-refractivity contribution in [2.24, 2.45) is 0 Å². The fraction of sp³-hybridized carbons (Fsp3) is 0.435. The summed E-state index contributed by atoms with van der Waals surface area (Å²) in [6, 6.07) is 9.68. The van der Waals surface area contributed by atoms with E-state index in [1.807, 2.05) is 37.3 Å². The summed E-state index contributed by atoms with van der Waals surface area (Å²) in [5.74, 6) is 0.283. The van der Waals surface area contributed by atoms with Crippen LogP contribution in [0.5, 0.6) is 11.5 Å². The Labute approximate surface area is 194 Å². The lowest BCUT2D eigenvalue weighted by Gasteiger charge is -2.32. The molecule has 168 valence electrons. The van der Waals surface area contributed by atoms with Gasteiger partial charge in [0.25, 0.3) is 11.9 Å². The summed E-state index contributed by atoms with van der Waals surface area (Å²) in [6.07, 6.45) is 1.67. The van der Waals surface area contributed by atoms with Crippen LogP contribution in [0.25, 0.3) is 0 Å². The van der Waals surface area contributed by atoms with E-state index in [9.17, 15) is 14.9 Å². The molecule has 1 amide bonds. The molecule has 1 N–H and O–H groups in total. The van der Waals surface area contributed by atoms with Crippen LogP contribution in [0.15, 0.2) is 40.9 Å². The standard InChI is InChI=1S/C23H24BrN3O5/c1-3-32-19-11-13(15(24)12-18(19)31-2)20-17-9-6-10-26(17)23(21(20)27(29)30)14-7-4-5-8-16(14)25-22(23)28/h4-5,7-8,11-12,17,20-21H,3,6,9-10H2,1-2H3,(H,25,28)/t17-,20+,21+,23+/m0/s1. The van der Waals surface area contributed by atoms with E-state index < -0.39 is 17.5 Å². The summed E-state index contributed by atoms with van der Waals surface area (Å²) in [4.78, 5) is 28.0. The molecule has 4 atom stereocenters. The summed E-state index contributed by atoms with van der Waals surface area (Å²) >= 11 is 3.62. The Morgan fingerprint density at radius 1 is 1.31 bits per heavy atom. The van der Waals surface area contributed by atoms with Crippen LogP contribution in [0, 0.1) is 10.1 Å². The van der Waals surface area contributed by atoms with E-state index in [1.54, 1.807) is 13.2 Å². The van der Waals surface area contributed by atoms with Crippen molar-refractivity contribution in [3.63, 3.8) is 0 Å². The second-order valence-electron chi connectivity index (χ2n) is 8.38. The molecule has 3 heterocycles. The average molecular weight is 502 g/mol. The van der Waals surface area contributed by atoms with Gasteiger partial charge >= 0.3 is 0 Å². The highest BCUT2D eigenvalue weighted by atomic mass is 79.9. The number of methoxy groups -OCH3 is 1. The van der Waals surface area contributed by atoms with Gasteiger partial charge in [-0.1, -0.05) is 34.1 Å². The fourth-order valence-corrected chi connectivity index (χ4v) is 6.57. The average Bonchev–Trinajstić information content (AvgIpc) is 3.43. The number of anilines is 1. The Hall–Kier alpha value is -2.65. The predicted molar refractivity (Wildman–Crippen MR) is 122 cm³/mol. The molecule has 2 aromatic rings. The maximum absolute atomic E-state index is 13.5. The van der Waals surface area contributed by atoms with Crippen LogP contribution in [0.3, 0.4) is 0 Å². The monoisotopic (exact) mass is 501 g/mol. The summed E-state index contributed by atoms with van der Waals surface area (Å²) in [5.41, 5.74) is 0.772. The molecule has 0 unspecified atom stereocenters. The molecule has 0 aliphatic carbocycles. The minimum atomic E-state index is -1.34. The molecule has 0 bridgehead atoms. The molecule has 0 radical (unpaired) electrons. The number of nitrogens with one attached hydrogen (secondary N) is 1. The van der Waals surface area contributed by atoms with E-state index in [-0.39, 0.29) is 16.9 Å². The summed E-state index contributed by atoms with van der Waals surface area (Å²) in [7, 11) is 1.56. The first-order valence-corrected chi connectivity index (χ1v) is 11.6. The second-order valence-corrected chi connectivity index (χ2v) is 9.24. The third-order valence-electron chi connectivity index (χ3n) is 7.04. The molecule has 9 heteroatoms. The number of amides is 1. The zero-order valence-electron chi connectivity index (χ0n) is 17.8. The van der Waals surface area contributed by atoms with Crippen molar-refractivity contribution in [1.82, 2.24) is 4.90 Å². The van der Waals surface area contributed by atoms with Gasteiger partial charge in [-0.25, -0.2) is 0 Å². The SMILES string of the molecule is CCOc1cc([C@@H]2[C@@H]3CCCN3[C@@]3(C(=O)Nc4ccccc43)[C@@H]2[N+](=O)[O-])c(Br)cc1OC. The van der Waals surface area contributed by atoms with Crippen LogP contribution in [0.4, 0.5) is 5.69 Å². The van der Waals surface area contributed by atoms with Gasteiger partial charge in [0, 0.05) is 33.2 Å². The molecule has 0 saturated carbocycles. The molecule has 2 saturated heterocycles. The highest BCUT2D eigenvalue weighted by molar-refractivity contribution is 9.10. The molecule has 8 nitrogen and oxygen atoms in total. The number of fused-ring (bicyclic) bond motifs is 4. The largest absolute Gasteiger partial charge is 0.493 e. The number of benzene rings is 2. The lowest BCUT2D eigenvalue weighted by Crippen LogP contribution is -2.55. The number of ether oxygens (including phenoxy) is 2. The molecule has 3 aliphatic heterocycles. The number of hydrogen-bond acceptors (Lipinski definition) is 6. The molecule has 2 fully saturated rings. The second kappa shape index (κ2) is 7.74. The van der Waals surface area contributed by atoms with Crippen LogP contribution in [-0.4, -0.2) is 48.1 Å². The van der Waals surface area contributed by atoms with E-state index in [1.165, 1.54) is 0 Å². The third kappa shape index (κ3) is 2.73. The van der Waals surface area contributed by atoms with Crippen molar-refractivity contribution in [1.29, 1.82) is 0 Å². The zero-order valence-corrected chi connectivity index (χ0v) is 19.4. The van der Waals surface area contributed by atoms with Crippen molar-refractivity contribution < 1.29 is 19.2 Å². The molecular weight excluding hydrogens is 478 g/mol. The van der Waals surface area contributed by atoms with Crippen LogP contribution < -0.4 is 14.8 Å². The number of carbonyl (C=O) groups excluding carboxylic acids is 1. The van der Waals surface area contributed by atoms with E-state index in [0.29, 0.717) is 40.4 Å². The first kappa shape index (κ1) is 21.2. The van der Waals surface area contributed by atoms with Crippen LogP contribution in [-0.2, 0) is 10.3 Å². The van der Waals surface area contributed by atoms with Gasteiger partial charge in [-0.3, -0.25) is 19.8 Å². The number of halogens is 1. The summed E-state index contributed by atoms with van der Waals surface area (Å²) in [5, 5.41) is 15.6. The lowest BCUT2D eigenvalue weighted by atomic mass is 9.77. The van der Waals surface area contributed by atoms with Crippen LogP contribution in [0.1, 0.15) is 36.8 Å². The van der Waals surface area contributed by atoms with Crippen LogP contribution >= 0.6 is 15.9 Å². The number of hydrogen-bond donors (Lipinski definition) is 1. The van der Waals surface area contributed by atoms with E-state index in [2.05, 4.69) is 26.1 Å². The quantitative estimate of drug-likeness (QED) is 0.492. The minimum Gasteiger partial charge on any atom is -0.493 e. The highest BCUT2D eigenvalue weighted by Crippen LogP contribution is 2.59. The number of rotatable bonds is 5. The maximum Gasteiger partial charge on any atom is 0.256 e. The topological polar surface area (TPSA) is 93.9 Å². The molecule has 0 aromatic heterocycles. The summed E-state index contributed by atoms with van der Waals surface area (Å²) < 4.78 is 11.9. The molecule has 3 aliphatic rings. The molecule has 5 rings (SSSR count). The highest BCUT2D eigenvalue weighted by Gasteiger charge is 2.73. The molecular formula is C23H24BrN3O5. The van der Waals surface area contributed by atoms with Gasteiger partial charge in [0.05, 0.1) is 19.6 Å². The fourth-order valence-electron chi connectivity index (χ4n) is 5.98. The van der Waals surface area contributed by atoms with Crippen LogP contribution in [0.2, 0.25) is 0 Å². The van der Waals surface area contributed by atoms with E-state index >= 15 is 0 Å². The summed E-state index contributed by atoms with van der Waals surface area (Å²) in [6.45, 7) is 2.96. The van der Waals surface area contributed by atoms with Gasteiger partial charge < -0.3 is 14.8 Å². The first-order chi connectivity index (χ1) is 15.4. The Kier molecular flexibility index (Phi) is 5.13. The van der Waals surface area contributed by atoms with Gasteiger partial charge in [0.15, 0.2) is 17.0 Å². The third-order valence-corrected chi connectivity index (χ3v) is 7.72. The number of nitrogens with zero attached hydrogens (tertiary/aromatic N) is 2. The molecule has 2 aromatic carbocycles. The normalized spacial score (nSPS) is 28.5. The first-order valence-electron chi connectivity index (χ1n) is 10.8. The van der Waals surface area contributed by atoms with E-state index in [0.717, 1.165) is 18.4 Å². The molecule has 1 spiro atoms. The number of para-hydroxylation sites is 1. The Morgan fingerprint density at radius 3 is 2.81 bits per heavy atom. The Morgan fingerprint density at radius 2 is 2.09 bits per heavy atom. The van der Waals surface area contributed by atoms with Gasteiger partial charge in [-0.05, 0) is 43.5 Å². The van der Waals surface area contributed by atoms with Crippen molar-refractivity contribution in [3.05, 3.63) is 62.1 Å². The maximum atomic E-state index is 13.5. The van der Waals surface area contributed by atoms with Crippen molar-refractivity contribution in [3.8, 4) is 11.5 Å². The van der Waals surface area contributed by atoms with Gasteiger partial charge in [-0.2, -0.15) is 0 Å². The number of carbonyl (C=O) groups is 1. The number of nitro groups is 1. The lowest BCUT2D eigenvalue weighted by molar-refractivity contribution is -0.534. The van der Waals surface area contributed by atoms with E-state index in [4.69, 9.17) is 9.47 Å². The van der Waals surface area contributed by atoms with Gasteiger partial charge in [0.2, 0.25) is 0 Å². The Balaban J connectivity index is 1.74. The smallest absolute Gasteiger partial charge is 0.256 e.